The lowest BCUT2D eigenvalue weighted by Crippen LogP contribution is -2.45. The number of nitrogens with zero attached hydrogens (tertiary/aromatic N) is 1. The van der Waals surface area contributed by atoms with Gasteiger partial charge in [0.1, 0.15) is 5.75 Å². The van der Waals surface area contributed by atoms with Gasteiger partial charge in [-0.1, -0.05) is 36.4 Å². The van der Waals surface area contributed by atoms with E-state index in [0.29, 0.717) is 19.4 Å². The van der Waals surface area contributed by atoms with E-state index in [1.165, 1.54) is 17.7 Å². The van der Waals surface area contributed by atoms with Crippen LogP contribution in [0.3, 0.4) is 0 Å². The Kier molecular flexibility index (Phi) is 8.37. The maximum absolute atomic E-state index is 12.3. The molecular weight excluding hydrogens is 402 g/mol. The van der Waals surface area contributed by atoms with Crippen LogP contribution in [0.2, 0.25) is 0 Å². The fourth-order valence-electron chi connectivity index (χ4n) is 3.92. The molecule has 0 bridgehead atoms. The van der Waals surface area contributed by atoms with Crippen molar-refractivity contribution in [2.45, 2.75) is 58.6 Å². The molecule has 31 heavy (non-hydrogen) atoms. The first-order valence-corrected chi connectivity index (χ1v) is 10.6. The fraction of sp³-hybridized carbons (Fsp3) is 0.458. The van der Waals surface area contributed by atoms with Gasteiger partial charge in [0, 0.05) is 32.6 Å². The molecule has 1 saturated heterocycles. The highest BCUT2D eigenvalue weighted by Gasteiger charge is 2.22. The van der Waals surface area contributed by atoms with Crippen molar-refractivity contribution in [3.63, 3.8) is 0 Å². The van der Waals surface area contributed by atoms with E-state index in [1.54, 1.807) is 12.1 Å². The first-order valence-electron chi connectivity index (χ1n) is 10.6. The van der Waals surface area contributed by atoms with Crippen molar-refractivity contribution < 1.29 is 23.0 Å². The Morgan fingerprint density at radius 3 is 2.39 bits per heavy atom. The van der Waals surface area contributed by atoms with Gasteiger partial charge in [0.25, 0.3) is 0 Å². The van der Waals surface area contributed by atoms with E-state index in [9.17, 15) is 13.6 Å². The Balaban J connectivity index is 1.48. The van der Waals surface area contributed by atoms with Crippen LogP contribution in [0.5, 0.6) is 5.75 Å². The number of hydrogen-bond acceptors (Lipinski definition) is 4. The molecule has 1 heterocycles. The van der Waals surface area contributed by atoms with Crippen molar-refractivity contribution in [2.75, 3.05) is 13.1 Å². The number of morpholine rings is 1. The maximum Gasteiger partial charge on any atom is 0.387 e. The maximum atomic E-state index is 12.3. The summed E-state index contributed by atoms with van der Waals surface area (Å²) in [5.41, 5.74) is 3.21. The van der Waals surface area contributed by atoms with E-state index < -0.39 is 6.61 Å². The molecule has 7 heteroatoms. The number of carbonyl (C=O) groups excluding carboxylic acids is 1. The molecule has 1 fully saturated rings. The van der Waals surface area contributed by atoms with Crippen LogP contribution in [0.15, 0.2) is 48.5 Å². The van der Waals surface area contributed by atoms with E-state index in [1.807, 2.05) is 18.2 Å². The number of amides is 1. The molecule has 168 valence electrons. The molecule has 1 aliphatic heterocycles. The smallest absolute Gasteiger partial charge is 0.387 e. The molecule has 0 aromatic heterocycles. The Bertz CT molecular complexity index is 835. The molecule has 0 radical (unpaired) electrons. The SMILES string of the molecule is CC1CN(Cc2ccccc2CNC(=O)CCc2ccc(OC(F)F)cc2)CC(C)O1. The van der Waals surface area contributed by atoms with Crippen molar-refractivity contribution >= 4 is 5.91 Å². The molecule has 1 amide bonds. The summed E-state index contributed by atoms with van der Waals surface area (Å²) in [5.74, 6) is 0.0696. The molecular formula is C24H30F2N2O3. The van der Waals surface area contributed by atoms with Gasteiger partial charge in [-0.15, -0.1) is 0 Å². The average Bonchev–Trinajstić information content (AvgIpc) is 2.71. The van der Waals surface area contributed by atoms with Crippen molar-refractivity contribution in [1.29, 1.82) is 0 Å². The Labute approximate surface area is 182 Å². The molecule has 0 saturated carbocycles. The molecule has 2 aromatic carbocycles. The van der Waals surface area contributed by atoms with Gasteiger partial charge in [-0.25, -0.2) is 0 Å². The number of carbonyl (C=O) groups is 1. The number of ether oxygens (including phenoxy) is 2. The van der Waals surface area contributed by atoms with E-state index >= 15 is 0 Å². The van der Waals surface area contributed by atoms with Gasteiger partial charge >= 0.3 is 6.61 Å². The minimum atomic E-state index is -2.84. The van der Waals surface area contributed by atoms with Crippen LogP contribution in [0.1, 0.15) is 37.0 Å². The summed E-state index contributed by atoms with van der Waals surface area (Å²) in [6.07, 6.45) is 1.29. The third-order valence-electron chi connectivity index (χ3n) is 5.27. The molecule has 2 aromatic rings. The summed E-state index contributed by atoms with van der Waals surface area (Å²) in [5, 5.41) is 3.00. The number of halogens is 2. The largest absolute Gasteiger partial charge is 0.435 e. The lowest BCUT2D eigenvalue weighted by molar-refractivity contribution is -0.121. The topological polar surface area (TPSA) is 50.8 Å². The first-order chi connectivity index (χ1) is 14.9. The Morgan fingerprint density at radius 2 is 1.74 bits per heavy atom. The summed E-state index contributed by atoms with van der Waals surface area (Å²) in [6.45, 7) is 4.44. The van der Waals surface area contributed by atoms with E-state index in [4.69, 9.17) is 4.74 Å². The van der Waals surface area contributed by atoms with Crippen LogP contribution < -0.4 is 10.1 Å². The molecule has 0 spiro atoms. The van der Waals surface area contributed by atoms with Gasteiger partial charge in [0.2, 0.25) is 5.91 Å². The average molecular weight is 433 g/mol. The molecule has 1 aliphatic rings. The zero-order chi connectivity index (χ0) is 22.2. The highest BCUT2D eigenvalue weighted by molar-refractivity contribution is 5.76. The predicted molar refractivity (Wildman–Crippen MR) is 115 cm³/mol. The van der Waals surface area contributed by atoms with E-state index in [-0.39, 0.29) is 23.9 Å². The van der Waals surface area contributed by atoms with Crippen molar-refractivity contribution in [2.24, 2.45) is 0 Å². The second kappa shape index (κ2) is 11.2. The second-order valence-corrected chi connectivity index (χ2v) is 8.02. The highest BCUT2D eigenvalue weighted by atomic mass is 19.3. The number of nitrogens with one attached hydrogen (secondary N) is 1. The number of alkyl halides is 2. The molecule has 2 atom stereocenters. The molecule has 1 N–H and O–H groups in total. The van der Waals surface area contributed by atoms with Crippen LogP contribution in [-0.4, -0.2) is 42.7 Å². The Hall–Kier alpha value is -2.51. The lowest BCUT2D eigenvalue weighted by atomic mass is 10.1. The lowest BCUT2D eigenvalue weighted by Gasteiger charge is -2.35. The van der Waals surface area contributed by atoms with Crippen molar-refractivity contribution in [3.8, 4) is 5.75 Å². The second-order valence-electron chi connectivity index (χ2n) is 8.02. The summed E-state index contributed by atoms with van der Waals surface area (Å²) in [4.78, 5) is 14.7. The Morgan fingerprint density at radius 1 is 1.10 bits per heavy atom. The standard InChI is InChI=1S/C24H30F2N2O3/c1-17-14-28(15-18(2)30-17)16-21-6-4-3-5-20(21)13-27-23(29)12-9-19-7-10-22(11-8-19)31-24(25)26/h3-8,10-11,17-18,24H,9,12-16H2,1-2H3,(H,27,29). The quantitative estimate of drug-likeness (QED) is 0.647. The summed E-state index contributed by atoms with van der Waals surface area (Å²) >= 11 is 0. The van der Waals surface area contributed by atoms with Crippen LogP contribution in [0, 0.1) is 0 Å². The zero-order valence-corrected chi connectivity index (χ0v) is 18.0. The third-order valence-corrected chi connectivity index (χ3v) is 5.27. The van der Waals surface area contributed by atoms with Gasteiger partial charge in [0.05, 0.1) is 12.2 Å². The van der Waals surface area contributed by atoms with Gasteiger partial charge in [-0.2, -0.15) is 8.78 Å². The van der Waals surface area contributed by atoms with Crippen LogP contribution in [0.25, 0.3) is 0 Å². The van der Waals surface area contributed by atoms with Gasteiger partial charge in [0.15, 0.2) is 0 Å². The highest BCUT2D eigenvalue weighted by Crippen LogP contribution is 2.18. The monoisotopic (exact) mass is 432 g/mol. The normalized spacial score (nSPS) is 19.4. The molecule has 5 nitrogen and oxygen atoms in total. The number of hydrogen-bond donors (Lipinski definition) is 1. The molecule has 3 rings (SSSR count). The van der Waals surface area contributed by atoms with E-state index in [0.717, 1.165) is 30.8 Å². The van der Waals surface area contributed by atoms with Gasteiger partial charge in [-0.05, 0) is 49.1 Å². The van der Waals surface area contributed by atoms with Gasteiger partial charge < -0.3 is 14.8 Å². The first kappa shape index (κ1) is 23.2. The summed E-state index contributed by atoms with van der Waals surface area (Å²) in [7, 11) is 0. The van der Waals surface area contributed by atoms with Crippen LogP contribution >= 0.6 is 0 Å². The molecule has 2 unspecified atom stereocenters. The molecule has 0 aliphatic carbocycles. The third kappa shape index (κ3) is 7.60. The van der Waals surface area contributed by atoms with Crippen molar-refractivity contribution in [3.05, 3.63) is 65.2 Å². The zero-order valence-electron chi connectivity index (χ0n) is 18.0. The number of benzene rings is 2. The van der Waals surface area contributed by atoms with Crippen LogP contribution in [-0.2, 0) is 29.0 Å². The van der Waals surface area contributed by atoms with E-state index in [2.05, 4.69) is 34.9 Å². The van der Waals surface area contributed by atoms with Crippen molar-refractivity contribution in [1.82, 2.24) is 10.2 Å². The summed E-state index contributed by atoms with van der Waals surface area (Å²) in [6, 6.07) is 14.5. The number of rotatable bonds is 9. The fourth-order valence-corrected chi connectivity index (χ4v) is 3.92. The van der Waals surface area contributed by atoms with Crippen LogP contribution in [0.4, 0.5) is 8.78 Å². The number of aryl methyl sites for hydroxylation is 1. The minimum absolute atomic E-state index is 0.0451. The minimum Gasteiger partial charge on any atom is -0.435 e. The van der Waals surface area contributed by atoms with Gasteiger partial charge in [-0.3, -0.25) is 9.69 Å². The predicted octanol–water partition coefficient (Wildman–Crippen LogP) is 4.15. The summed E-state index contributed by atoms with van der Waals surface area (Å²) < 4.78 is 34.6.